The lowest BCUT2D eigenvalue weighted by atomic mass is 10.4. The number of halogens is 1. The van der Waals surface area contributed by atoms with E-state index in [4.69, 9.17) is 11.6 Å². The molecule has 1 aromatic heterocycles. The maximum Gasteiger partial charge on any atom is 0.202 e. The van der Waals surface area contributed by atoms with Crippen molar-refractivity contribution in [2.24, 2.45) is 0 Å². The number of benzene rings is 1. The van der Waals surface area contributed by atoms with Crippen molar-refractivity contribution in [1.29, 1.82) is 0 Å². The lowest BCUT2D eigenvalue weighted by Crippen LogP contribution is -1.88. The molecular weight excluding hydrogens is 262 g/mol. The number of anilines is 1. The molecule has 3 nitrogen and oxygen atoms in total. The maximum absolute atomic E-state index is 6.05. The topological polar surface area (TPSA) is 37.8 Å². The minimum atomic E-state index is 0.738. The fourth-order valence-electron chi connectivity index (χ4n) is 1.12. The van der Waals surface area contributed by atoms with Gasteiger partial charge in [-0.2, -0.15) is 4.37 Å². The summed E-state index contributed by atoms with van der Waals surface area (Å²) in [6.07, 6.45) is 0. The first-order valence-electron chi connectivity index (χ1n) is 4.67. The van der Waals surface area contributed by atoms with Crippen LogP contribution >= 0.6 is 34.9 Å². The predicted molar refractivity (Wildman–Crippen MR) is 70.5 cm³/mol. The number of aromatic nitrogens is 2. The predicted octanol–water partition coefficient (Wildman–Crippen LogP) is 3.53. The minimum Gasteiger partial charge on any atom is -0.363 e. The third-order valence-electron chi connectivity index (χ3n) is 1.88. The van der Waals surface area contributed by atoms with E-state index in [1.54, 1.807) is 11.8 Å². The van der Waals surface area contributed by atoms with Crippen LogP contribution in [0.4, 0.5) is 5.13 Å². The Morgan fingerprint density at radius 3 is 2.94 bits per heavy atom. The molecule has 0 aliphatic heterocycles. The first-order chi connectivity index (χ1) is 7.79. The van der Waals surface area contributed by atoms with E-state index in [9.17, 15) is 0 Å². The highest BCUT2D eigenvalue weighted by Crippen LogP contribution is 2.29. The van der Waals surface area contributed by atoms with Gasteiger partial charge >= 0.3 is 0 Å². The number of hydrogen-bond donors (Lipinski definition) is 1. The average Bonchev–Trinajstić information content (AvgIpc) is 2.76. The fourth-order valence-corrected chi connectivity index (χ4v) is 2.83. The zero-order valence-corrected chi connectivity index (χ0v) is 11.0. The van der Waals surface area contributed by atoms with Crippen LogP contribution in [0.3, 0.4) is 0 Å². The molecule has 0 bridgehead atoms. The molecule has 0 saturated heterocycles. The van der Waals surface area contributed by atoms with E-state index in [1.165, 1.54) is 11.5 Å². The van der Waals surface area contributed by atoms with Crippen LogP contribution in [-0.4, -0.2) is 16.4 Å². The van der Waals surface area contributed by atoms with E-state index >= 15 is 0 Å². The Morgan fingerprint density at radius 2 is 2.25 bits per heavy atom. The van der Waals surface area contributed by atoms with Crippen LogP contribution in [-0.2, 0) is 5.75 Å². The molecule has 0 amide bonds. The standard InChI is InChI=1S/C10H10ClN3S2/c1-12-10-13-9(14-16-10)6-15-8-5-3-2-4-7(8)11/h2-5H,6H2,1H3,(H,12,13,14). The summed E-state index contributed by atoms with van der Waals surface area (Å²) in [5.74, 6) is 1.57. The van der Waals surface area contributed by atoms with Crippen LogP contribution in [0, 0.1) is 0 Å². The molecule has 84 valence electrons. The summed E-state index contributed by atoms with van der Waals surface area (Å²) in [7, 11) is 1.84. The van der Waals surface area contributed by atoms with Crippen molar-refractivity contribution in [3.05, 3.63) is 35.1 Å². The number of thioether (sulfide) groups is 1. The Bertz CT molecular complexity index is 473. The summed E-state index contributed by atoms with van der Waals surface area (Å²) in [6, 6.07) is 7.78. The monoisotopic (exact) mass is 271 g/mol. The van der Waals surface area contributed by atoms with E-state index in [0.717, 1.165) is 26.6 Å². The number of nitrogens with zero attached hydrogens (tertiary/aromatic N) is 2. The quantitative estimate of drug-likeness (QED) is 0.864. The van der Waals surface area contributed by atoms with Gasteiger partial charge in [-0.15, -0.1) is 11.8 Å². The normalized spacial score (nSPS) is 10.4. The minimum absolute atomic E-state index is 0.738. The number of nitrogens with one attached hydrogen (secondary N) is 1. The third-order valence-corrected chi connectivity index (χ3v) is 4.16. The Balaban J connectivity index is 1.99. The van der Waals surface area contributed by atoms with Gasteiger partial charge in [0.1, 0.15) is 0 Å². The summed E-state index contributed by atoms with van der Waals surface area (Å²) >= 11 is 9.07. The van der Waals surface area contributed by atoms with Gasteiger partial charge in [0.05, 0.1) is 10.8 Å². The molecule has 1 heterocycles. The molecule has 0 fully saturated rings. The highest BCUT2D eigenvalue weighted by molar-refractivity contribution is 7.98. The molecule has 6 heteroatoms. The maximum atomic E-state index is 6.05. The molecule has 0 aliphatic carbocycles. The molecule has 0 radical (unpaired) electrons. The van der Waals surface area contributed by atoms with Crippen LogP contribution in [0.25, 0.3) is 0 Å². The molecule has 2 rings (SSSR count). The van der Waals surface area contributed by atoms with E-state index < -0.39 is 0 Å². The summed E-state index contributed by atoms with van der Waals surface area (Å²) < 4.78 is 4.24. The van der Waals surface area contributed by atoms with Crippen LogP contribution < -0.4 is 5.32 Å². The van der Waals surface area contributed by atoms with E-state index in [0.29, 0.717) is 0 Å². The van der Waals surface area contributed by atoms with Gasteiger partial charge in [-0.3, -0.25) is 0 Å². The molecule has 1 N–H and O–H groups in total. The number of rotatable bonds is 4. The number of hydrogen-bond acceptors (Lipinski definition) is 5. The molecule has 0 saturated carbocycles. The van der Waals surface area contributed by atoms with Crippen LogP contribution in [0.2, 0.25) is 5.02 Å². The van der Waals surface area contributed by atoms with Gasteiger partial charge in [0.2, 0.25) is 5.13 Å². The van der Waals surface area contributed by atoms with Crippen molar-refractivity contribution in [3.8, 4) is 0 Å². The Kier molecular flexibility index (Phi) is 4.04. The first-order valence-corrected chi connectivity index (χ1v) is 6.81. The van der Waals surface area contributed by atoms with Gasteiger partial charge in [0, 0.05) is 23.5 Å². The molecule has 16 heavy (non-hydrogen) atoms. The first kappa shape index (κ1) is 11.7. The van der Waals surface area contributed by atoms with Crippen LogP contribution in [0.1, 0.15) is 5.82 Å². The average molecular weight is 272 g/mol. The second-order valence-electron chi connectivity index (χ2n) is 2.98. The summed E-state index contributed by atoms with van der Waals surface area (Å²) in [4.78, 5) is 5.37. The zero-order valence-electron chi connectivity index (χ0n) is 8.61. The third kappa shape index (κ3) is 2.87. The highest BCUT2D eigenvalue weighted by Gasteiger charge is 2.05. The van der Waals surface area contributed by atoms with Crippen molar-refractivity contribution < 1.29 is 0 Å². The van der Waals surface area contributed by atoms with Crippen LogP contribution in [0.15, 0.2) is 29.2 Å². The second kappa shape index (κ2) is 5.52. The van der Waals surface area contributed by atoms with E-state index in [2.05, 4.69) is 14.7 Å². The summed E-state index contributed by atoms with van der Waals surface area (Å²) in [6.45, 7) is 0. The summed E-state index contributed by atoms with van der Waals surface area (Å²) in [5.41, 5.74) is 0. The van der Waals surface area contributed by atoms with Gasteiger partial charge in [-0.05, 0) is 12.1 Å². The van der Waals surface area contributed by atoms with Crippen molar-refractivity contribution >= 4 is 40.0 Å². The molecule has 2 aromatic rings. The molecular formula is C10H10ClN3S2. The van der Waals surface area contributed by atoms with Crippen molar-refractivity contribution in [2.45, 2.75) is 10.6 Å². The van der Waals surface area contributed by atoms with E-state index in [1.807, 2.05) is 31.3 Å². The lowest BCUT2D eigenvalue weighted by molar-refractivity contribution is 1.13. The Morgan fingerprint density at radius 1 is 1.44 bits per heavy atom. The van der Waals surface area contributed by atoms with Crippen molar-refractivity contribution in [2.75, 3.05) is 12.4 Å². The van der Waals surface area contributed by atoms with Gasteiger partial charge < -0.3 is 5.32 Å². The van der Waals surface area contributed by atoms with E-state index in [-0.39, 0.29) is 0 Å². The van der Waals surface area contributed by atoms with Crippen LogP contribution in [0.5, 0.6) is 0 Å². The smallest absolute Gasteiger partial charge is 0.202 e. The highest BCUT2D eigenvalue weighted by atomic mass is 35.5. The molecule has 0 unspecified atom stereocenters. The molecule has 0 aliphatic rings. The van der Waals surface area contributed by atoms with Gasteiger partial charge in [-0.25, -0.2) is 4.98 Å². The largest absolute Gasteiger partial charge is 0.363 e. The molecule has 1 aromatic carbocycles. The lowest BCUT2D eigenvalue weighted by Gasteiger charge is -2.00. The zero-order chi connectivity index (χ0) is 11.4. The Labute approximate surface area is 107 Å². The molecule has 0 atom stereocenters. The molecule has 0 spiro atoms. The van der Waals surface area contributed by atoms with Crippen molar-refractivity contribution in [3.63, 3.8) is 0 Å². The van der Waals surface area contributed by atoms with Crippen molar-refractivity contribution in [1.82, 2.24) is 9.36 Å². The van der Waals surface area contributed by atoms with Gasteiger partial charge in [-0.1, -0.05) is 23.7 Å². The SMILES string of the molecule is CNc1nc(CSc2ccccc2Cl)ns1. The Hall–Kier alpha value is -0.780. The van der Waals surface area contributed by atoms with Gasteiger partial charge in [0.15, 0.2) is 5.82 Å². The fraction of sp³-hybridized carbons (Fsp3) is 0.200. The second-order valence-corrected chi connectivity index (χ2v) is 5.16. The summed E-state index contributed by atoms with van der Waals surface area (Å²) in [5, 5.41) is 4.58. The van der Waals surface area contributed by atoms with Gasteiger partial charge in [0.25, 0.3) is 0 Å².